The van der Waals surface area contributed by atoms with Gasteiger partial charge in [0, 0.05) is 12.1 Å². The molecule has 0 spiro atoms. The molecule has 0 heterocycles. The SMILES string of the molecule is CCCCS(=O)(=O)NC1C(C)(C)C(N)C1(C)C. The first-order chi connectivity index (χ1) is 7.55. The molecule has 0 aliphatic heterocycles. The number of sulfonamides is 1. The summed E-state index contributed by atoms with van der Waals surface area (Å²) in [6, 6.07) is -0.0549. The van der Waals surface area contributed by atoms with Crippen molar-refractivity contribution >= 4 is 10.0 Å². The highest BCUT2D eigenvalue weighted by atomic mass is 32.2. The maximum absolute atomic E-state index is 11.9. The summed E-state index contributed by atoms with van der Waals surface area (Å²) in [7, 11) is -3.17. The van der Waals surface area contributed by atoms with E-state index < -0.39 is 10.0 Å². The van der Waals surface area contributed by atoms with E-state index in [1.54, 1.807) is 0 Å². The van der Waals surface area contributed by atoms with Gasteiger partial charge in [-0.1, -0.05) is 41.0 Å². The maximum atomic E-state index is 11.9. The van der Waals surface area contributed by atoms with Crippen molar-refractivity contribution in [2.45, 2.75) is 59.5 Å². The van der Waals surface area contributed by atoms with Crippen molar-refractivity contribution in [1.82, 2.24) is 4.72 Å². The fourth-order valence-electron chi connectivity index (χ4n) is 3.06. The lowest BCUT2D eigenvalue weighted by atomic mass is 9.49. The van der Waals surface area contributed by atoms with Crippen LogP contribution in [0.25, 0.3) is 0 Å². The first-order valence-electron chi connectivity index (χ1n) is 6.31. The summed E-state index contributed by atoms with van der Waals surface area (Å²) in [5, 5.41) is 0. The molecule has 0 unspecified atom stereocenters. The normalized spacial score (nSPS) is 30.9. The van der Waals surface area contributed by atoms with Crippen LogP contribution in [0.2, 0.25) is 0 Å². The van der Waals surface area contributed by atoms with Crippen LogP contribution in [0.1, 0.15) is 47.5 Å². The Labute approximate surface area is 105 Å². The van der Waals surface area contributed by atoms with Crippen molar-refractivity contribution in [3.63, 3.8) is 0 Å². The van der Waals surface area contributed by atoms with E-state index >= 15 is 0 Å². The van der Waals surface area contributed by atoms with Crippen molar-refractivity contribution in [3.05, 3.63) is 0 Å². The van der Waals surface area contributed by atoms with Gasteiger partial charge in [0.2, 0.25) is 10.0 Å². The summed E-state index contributed by atoms with van der Waals surface area (Å²) in [6.45, 7) is 10.1. The van der Waals surface area contributed by atoms with Crippen LogP contribution < -0.4 is 10.5 Å². The minimum atomic E-state index is -3.17. The highest BCUT2D eigenvalue weighted by Crippen LogP contribution is 2.52. The zero-order chi connectivity index (χ0) is 13.5. The highest BCUT2D eigenvalue weighted by Gasteiger charge is 2.60. The Bertz CT molecular complexity index is 358. The van der Waals surface area contributed by atoms with E-state index in [9.17, 15) is 8.42 Å². The van der Waals surface area contributed by atoms with Gasteiger partial charge in [-0.05, 0) is 17.3 Å². The first-order valence-corrected chi connectivity index (χ1v) is 7.96. The Balaban J connectivity index is 2.75. The molecule has 1 aliphatic carbocycles. The van der Waals surface area contributed by atoms with Crippen LogP contribution in [0.15, 0.2) is 0 Å². The standard InChI is InChI=1S/C12H26N2O2S/c1-6-7-8-17(15,16)14-10-11(2,3)9(13)12(10,4)5/h9-10,14H,6-8,13H2,1-5H3. The van der Waals surface area contributed by atoms with Crippen LogP contribution in [-0.2, 0) is 10.0 Å². The molecule has 4 nitrogen and oxygen atoms in total. The van der Waals surface area contributed by atoms with Gasteiger partial charge in [-0.15, -0.1) is 0 Å². The zero-order valence-corrected chi connectivity index (χ0v) is 12.4. The molecule has 1 aliphatic rings. The molecule has 17 heavy (non-hydrogen) atoms. The van der Waals surface area contributed by atoms with Gasteiger partial charge in [0.15, 0.2) is 0 Å². The molecule has 0 aromatic heterocycles. The molecule has 0 atom stereocenters. The van der Waals surface area contributed by atoms with Crippen molar-refractivity contribution in [2.75, 3.05) is 5.75 Å². The van der Waals surface area contributed by atoms with Gasteiger partial charge in [-0.2, -0.15) is 0 Å². The van der Waals surface area contributed by atoms with Crippen LogP contribution in [0.3, 0.4) is 0 Å². The van der Waals surface area contributed by atoms with Crippen LogP contribution in [0, 0.1) is 10.8 Å². The molecule has 5 heteroatoms. The molecular formula is C12H26N2O2S. The predicted octanol–water partition coefficient (Wildman–Crippen LogP) is 1.47. The topological polar surface area (TPSA) is 72.2 Å². The van der Waals surface area contributed by atoms with E-state index in [1.807, 2.05) is 34.6 Å². The second kappa shape index (κ2) is 4.52. The van der Waals surface area contributed by atoms with Gasteiger partial charge in [-0.25, -0.2) is 13.1 Å². The minimum absolute atomic E-state index is 0.0221. The molecule has 1 fully saturated rings. The third-order valence-electron chi connectivity index (χ3n) is 4.16. The van der Waals surface area contributed by atoms with Crippen LogP contribution in [0.4, 0.5) is 0 Å². The lowest BCUT2D eigenvalue weighted by molar-refractivity contribution is -0.0593. The quantitative estimate of drug-likeness (QED) is 0.788. The molecule has 102 valence electrons. The Morgan fingerprint density at radius 1 is 1.18 bits per heavy atom. The fourth-order valence-corrected chi connectivity index (χ4v) is 4.81. The summed E-state index contributed by atoms with van der Waals surface area (Å²) in [4.78, 5) is 0. The Morgan fingerprint density at radius 3 is 2.06 bits per heavy atom. The summed E-state index contributed by atoms with van der Waals surface area (Å²) in [5.74, 6) is 0.210. The van der Waals surface area contributed by atoms with Crippen molar-refractivity contribution in [1.29, 1.82) is 0 Å². The molecule has 0 bridgehead atoms. The van der Waals surface area contributed by atoms with Crippen LogP contribution in [0.5, 0.6) is 0 Å². The smallest absolute Gasteiger partial charge is 0.211 e. The van der Waals surface area contributed by atoms with Gasteiger partial charge >= 0.3 is 0 Å². The molecule has 0 saturated heterocycles. The second-order valence-corrected chi connectivity index (χ2v) is 8.22. The first kappa shape index (κ1) is 14.9. The fraction of sp³-hybridized carbons (Fsp3) is 1.00. The molecular weight excluding hydrogens is 236 g/mol. The van der Waals surface area contributed by atoms with E-state index in [-0.39, 0.29) is 28.7 Å². The molecule has 0 aromatic rings. The molecule has 3 N–H and O–H groups in total. The monoisotopic (exact) mass is 262 g/mol. The zero-order valence-electron chi connectivity index (χ0n) is 11.6. The molecule has 1 saturated carbocycles. The number of nitrogens with one attached hydrogen (secondary N) is 1. The lowest BCUT2D eigenvalue weighted by Gasteiger charge is -2.62. The van der Waals surface area contributed by atoms with Gasteiger partial charge < -0.3 is 5.73 Å². The van der Waals surface area contributed by atoms with Gasteiger partial charge in [0.25, 0.3) is 0 Å². The van der Waals surface area contributed by atoms with Crippen molar-refractivity contribution in [3.8, 4) is 0 Å². The number of nitrogens with two attached hydrogens (primary N) is 1. The Kier molecular flexibility index (Phi) is 3.97. The number of hydrogen-bond acceptors (Lipinski definition) is 3. The molecule has 0 amide bonds. The maximum Gasteiger partial charge on any atom is 0.211 e. The highest BCUT2D eigenvalue weighted by molar-refractivity contribution is 7.89. The second-order valence-electron chi connectivity index (χ2n) is 6.34. The van der Waals surface area contributed by atoms with Gasteiger partial charge in [0.1, 0.15) is 0 Å². The molecule has 0 radical (unpaired) electrons. The molecule has 0 aromatic carbocycles. The van der Waals surface area contributed by atoms with Gasteiger partial charge in [-0.3, -0.25) is 0 Å². The number of hydrogen-bond donors (Lipinski definition) is 2. The number of unbranched alkanes of at least 4 members (excludes halogenated alkanes) is 1. The van der Waals surface area contributed by atoms with Crippen molar-refractivity contribution in [2.24, 2.45) is 16.6 Å². The minimum Gasteiger partial charge on any atom is -0.327 e. The van der Waals surface area contributed by atoms with Crippen LogP contribution >= 0.6 is 0 Å². The summed E-state index contributed by atoms with van der Waals surface area (Å²) < 4.78 is 26.7. The average Bonchev–Trinajstić information content (AvgIpc) is 2.22. The van der Waals surface area contributed by atoms with E-state index in [0.717, 1.165) is 6.42 Å². The summed E-state index contributed by atoms with van der Waals surface area (Å²) >= 11 is 0. The Hall–Kier alpha value is -0.130. The summed E-state index contributed by atoms with van der Waals surface area (Å²) in [5.41, 5.74) is 5.75. The van der Waals surface area contributed by atoms with Crippen LogP contribution in [-0.4, -0.2) is 26.3 Å². The predicted molar refractivity (Wildman–Crippen MR) is 71.2 cm³/mol. The third kappa shape index (κ3) is 2.66. The van der Waals surface area contributed by atoms with E-state index in [2.05, 4.69) is 4.72 Å². The van der Waals surface area contributed by atoms with Gasteiger partial charge in [0.05, 0.1) is 5.75 Å². The Morgan fingerprint density at radius 2 is 1.65 bits per heavy atom. The average molecular weight is 262 g/mol. The van der Waals surface area contributed by atoms with E-state index in [1.165, 1.54) is 0 Å². The largest absolute Gasteiger partial charge is 0.327 e. The van der Waals surface area contributed by atoms with Crippen molar-refractivity contribution < 1.29 is 8.42 Å². The lowest BCUT2D eigenvalue weighted by Crippen LogP contribution is -2.76. The summed E-state index contributed by atoms with van der Waals surface area (Å²) in [6.07, 6.45) is 1.59. The third-order valence-corrected chi connectivity index (χ3v) is 5.58. The number of rotatable bonds is 5. The van der Waals surface area contributed by atoms with E-state index in [0.29, 0.717) is 6.42 Å². The van der Waals surface area contributed by atoms with E-state index in [4.69, 9.17) is 5.73 Å². The molecule has 1 rings (SSSR count).